The number of rotatable bonds is 11. The molecule has 1 saturated heterocycles. The van der Waals surface area contributed by atoms with E-state index in [1.165, 1.54) is 23.1 Å². The molecule has 9 nitrogen and oxygen atoms in total. The lowest BCUT2D eigenvalue weighted by Gasteiger charge is -2.35. The summed E-state index contributed by atoms with van der Waals surface area (Å²) in [5.74, 6) is -1.33. The number of nitriles is 1. The number of benzene rings is 2. The van der Waals surface area contributed by atoms with E-state index in [9.17, 15) is 24.0 Å². The van der Waals surface area contributed by atoms with E-state index >= 15 is 0 Å². The van der Waals surface area contributed by atoms with E-state index in [1.54, 1.807) is 43.9 Å². The number of anilines is 1. The van der Waals surface area contributed by atoms with Gasteiger partial charge in [-0.3, -0.25) is 19.4 Å². The van der Waals surface area contributed by atoms with Crippen LogP contribution in [0.25, 0.3) is 0 Å². The Bertz CT molecular complexity index is 1490. The van der Waals surface area contributed by atoms with Crippen LogP contribution in [-0.4, -0.2) is 67.9 Å². The van der Waals surface area contributed by atoms with E-state index in [-0.39, 0.29) is 36.6 Å². The van der Waals surface area contributed by atoms with E-state index < -0.39 is 43.6 Å². The molecule has 1 heterocycles. The van der Waals surface area contributed by atoms with Crippen molar-refractivity contribution >= 4 is 47.6 Å². The average molecular weight is 716 g/mol. The first kappa shape index (κ1) is 35.6. The third kappa shape index (κ3) is 9.17. The first-order valence-electron chi connectivity index (χ1n) is 15.7. The number of carbonyl (C=O) groups excluding carboxylic acids is 3. The summed E-state index contributed by atoms with van der Waals surface area (Å²) < 4.78 is 26.2. The number of nitrogens with one attached hydrogen (secondary N) is 1. The zero-order chi connectivity index (χ0) is 33.8. The fourth-order valence-corrected chi connectivity index (χ4v) is 7.14. The fraction of sp³-hybridized carbons (Fsp3) is 0.529. The summed E-state index contributed by atoms with van der Waals surface area (Å²) in [7, 11) is -1.38. The molecule has 248 valence electrons. The fourth-order valence-electron chi connectivity index (χ4n) is 5.97. The summed E-state index contributed by atoms with van der Waals surface area (Å²) in [6, 6.07) is 12.5. The molecule has 1 aliphatic heterocycles. The maximum absolute atomic E-state index is 14.2. The molecular weight excluding hydrogens is 671 g/mol. The molecule has 1 unspecified atom stereocenters. The van der Waals surface area contributed by atoms with Crippen LogP contribution >= 0.6 is 15.9 Å². The van der Waals surface area contributed by atoms with Crippen molar-refractivity contribution in [3.8, 4) is 6.07 Å². The van der Waals surface area contributed by atoms with Crippen molar-refractivity contribution in [2.24, 2.45) is 5.92 Å². The summed E-state index contributed by atoms with van der Waals surface area (Å²) >= 11 is 3.37. The summed E-state index contributed by atoms with van der Waals surface area (Å²) in [6.45, 7) is 12.5. The lowest BCUT2D eigenvalue weighted by Crippen LogP contribution is -2.55. The first-order chi connectivity index (χ1) is 21.6. The SMILES string of the molecule is CC(C)(C)OC(=O)N1[C@@H]2CC[C@@H](C2)[C@H]1C(=O)NC(C#N)Cc1cccc(N(COCC[Si](C)(C)C)C(=O)c2cc(F)ccc2Br)c1. The Morgan fingerprint density at radius 2 is 1.91 bits per heavy atom. The highest BCUT2D eigenvalue weighted by Crippen LogP contribution is 2.43. The molecule has 3 amide bonds. The standard InChI is InChI=1S/C34H44BrFN4O5Si/c1-34(2,3)45-33(43)40-27-12-10-23(18-27)30(40)31(41)38-25(20-37)16-22-8-7-9-26(17-22)39(21-44-14-15-46(4,5)6)32(42)28-19-24(36)11-13-29(28)35/h7-9,11,13,17,19,23,25,27,30H,10,12,14-16,18,21H2,1-6H3,(H,38,41)/t23-,25?,27+,30-/m0/s1. The van der Waals surface area contributed by atoms with Crippen LogP contribution in [-0.2, 0) is 20.7 Å². The molecule has 2 bridgehead atoms. The van der Waals surface area contributed by atoms with Crippen molar-refractivity contribution in [1.29, 1.82) is 5.26 Å². The number of carbonyl (C=O) groups is 3. The predicted octanol–water partition coefficient (Wildman–Crippen LogP) is 6.89. The molecule has 2 fully saturated rings. The smallest absolute Gasteiger partial charge is 0.411 e. The number of likely N-dealkylation sites (tertiary alicyclic amines) is 1. The molecule has 1 N–H and O–H groups in total. The van der Waals surface area contributed by atoms with E-state index in [1.807, 2.05) is 6.07 Å². The van der Waals surface area contributed by atoms with E-state index in [4.69, 9.17) is 9.47 Å². The molecule has 2 aromatic rings. The quantitative estimate of drug-likeness (QED) is 0.154. The van der Waals surface area contributed by atoms with Crippen molar-refractivity contribution in [3.63, 3.8) is 0 Å². The van der Waals surface area contributed by atoms with Crippen LogP contribution in [0.5, 0.6) is 0 Å². The second-order valence-electron chi connectivity index (χ2n) is 14.3. The minimum atomic E-state index is -1.38. The Labute approximate surface area is 280 Å². The lowest BCUT2D eigenvalue weighted by atomic mass is 9.97. The third-order valence-electron chi connectivity index (χ3n) is 8.21. The highest BCUT2D eigenvalue weighted by molar-refractivity contribution is 9.10. The highest BCUT2D eigenvalue weighted by atomic mass is 79.9. The van der Waals surface area contributed by atoms with Gasteiger partial charge in [0, 0.05) is 37.3 Å². The first-order valence-corrected chi connectivity index (χ1v) is 20.2. The van der Waals surface area contributed by atoms with Gasteiger partial charge in [0.1, 0.15) is 30.2 Å². The molecule has 0 radical (unpaired) electrons. The second-order valence-corrected chi connectivity index (χ2v) is 20.8. The van der Waals surface area contributed by atoms with Crippen LogP contribution in [0.4, 0.5) is 14.9 Å². The highest BCUT2D eigenvalue weighted by Gasteiger charge is 2.52. The molecule has 2 aromatic carbocycles. The van der Waals surface area contributed by atoms with Gasteiger partial charge in [-0.05, 0) is 104 Å². The molecule has 1 aliphatic carbocycles. The van der Waals surface area contributed by atoms with Crippen molar-refractivity contribution in [3.05, 3.63) is 63.9 Å². The van der Waals surface area contributed by atoms with Gasteiger partial charge < -0.3 is 14.8 Å². The monoisotopic (exact) mass is 714 g/mol. The Balaban J connectivity index is 1.51. The van der Waals surface area contributed by atoms with Gasteiger partial charge in [0.2, 0.25) is 5.91 Å². The van der Waals surface area contributed by atoms with Crippen LogP contribution in [0.1, 0.15) is 56.0 Å². The summed E-state index contributed by atoms with van der Waals surface area (Å²) in [5, 5.41) is 12.9. The number of amides is 3. The third-order valence-corrected chi connectivity index (χ3v) is 10.6. The van der Waals surface area contributed by atoms with Gasteiger partial charge in [-0.2, -0.15) is 5.26 Å². The van der Waals surface area contributed by atoms with Crippen LogP contribution in [0, 0.1) is 23.1 Å². The summed E-state index contributed by atoms with van der Waals surface area (Å²) in [6.07, 6.45) is 2.06. The van der Waals surface area contributed by atoms with E-state index in [0.717, 1.165) is 25.3 Å². The number of halogens is 2. The van der Waals surface area contributed by atoms with Crippen LogP contribution in [0.2, 0.25) is 25.7 Å². The zero-order valence-corrected chi connectivity index (χ0v) is 30.0. The van der Waals surface area contributed by atoms with Gasteiger partial charge in [0.05, 0.1) is 11.6 Å². The normalized spacial score (nSPS) is 19.8. The molecule has 4 atom stereocenters. The molecule has 4 rings (SSSR count). The minimum absolute atomic E-state index is 0.0165. The van der Waals surface area contributed by atoms with Gasteiger partial charge in [0.15, 0.2) is 0 Å². The van der Waals surface area contributed by atoms with Crippen LogP contribution < -0.4 is 10.2 Å². The Morgan fingerprint density at radius 1 is 1.17 bits per heavy atom. The molecule has 0 aromatic heterocycles. The van der Waals surface area contributed by atoms with Gasteiger partial charge in [0.25, 0.3) is 5.91 Å². The topological polar surface area (TPSA) is 112 Å². The predicted molar refractivity (Wildman–Crippen MR) is 181 cm³/mol. The molecule has 46 heavy (non-hydrogen) atoms. The zero-order valence-electron chi connectivity index (χ0n) is 27.4. The lowest BCUT2D eigenvalue weighted by molar-refractivity contribution is -0.128. The molecule has 12 heteroatoms. The Morgan fingerprint density at radius 3 is 2.59 bits per heavy atom. The maximum atomic E-state index is 14.2. The Hall–Kier alpha value is -3.27. The molecule has 1 saturated carbocycles. The average Bonchev–Trinajstić information content (AvgIpc) is 3.59. The molecular formula is C34H44BrFN4O5Si. The van der Waals surface area contributed by atoms with Gasteiger partial charge >= 0.3 is 6.09 Å². The number of ether oxygens (including phenoxy) is 2. The number of nitrogens with zero attached hydrogens (tertiary/aromatic N) is 3. The largest absolute Gasteiger partial charge is 0.444 e. The molecule has 2 aliphatic rings. The summed E-state index contributed by atoms with van der Waals surface area (Å²) in [5.41, 5.74) is 0.680. The van der Waals surface area contributed by atoms with E-state index in [0.29, 0.717) is 22.3 Å². The number of piperidine rings is 1. The maximum Gasteiger partial charge on any atom is 0.411 e. The number of hydrogen-bond acceptors (Lipinski definition) is 6. The number of fused-ring (bicyclic) bond motifs is 2. The van der Waals surface area contributed by atoms with Gasteiger partial charge in [-0.25, -0.2) is 9.18 Å². The van der Waals surface area contributed by atoms with Gasteiger partial charge in [-0.15, -0.1) is 0 Å². The van der Waals surface area contributed by atoms with Crippen molar-refractivity contribution in [2.75, 3.05) is 18.2 Å². The van der Waals surface area contributed by atoms with Crippen LogP contribution in [0.3, 0.4) is 0 Å². The van der Waals surface area contributed by atoms with Gasteiger partial charge in [-0.1, -0.05) is 31.8 Å². The van der Waals surface area contributed by atoms with Crippen molar-refractivity contribution < 1.29 is 28.2 Å². The van der Waals surface area contributed by atoms with Crippen LogP contribution in [0.15, 0.2) is 46.9 Å². The minimum Gasteiger partial charge on any atom is -0.444 e. The van der Waals surface area contributed by atoms with Crippen molar-refractivity contribution in [1.82, 2.24) is 10.2 Å². The molecule has 0 spiro atoms. The number of hydrogen-bond donors (Lipinski definition) is 1. The van der Waals surface area contributed by atoms with E-state index in [2.05, 4.69) is 47.0 Å². The summed E-state index contributed by atoms with van der Waals surface area (Å²) in [4.78, 5) is 43.3. The second kappa shape index (κ2) is 14.7. The van der Waals surface area contributed by atoms with Crippen molar-refractivity contribution in [2.45, 2.75) is 95.9 Å². The Kier molecular flexibility index (Phi) is 11.3.